The number of fused-ring (bicyclic) bond motifs is 1. The van der Waals surface area contributed by atoms with Crippen LogP contribution in [0.5, 0.6) is 0 Å². The summed E-state index contributed by atoms with van der Waals surface area (Å²) in [7, 11) is 0. The molecule has 0 fully saturated rings. The third-order valence-electron chi connectivity index (χ3n) is 4.70. The van der Waals surface area contributed by atoms with Crippen LogP contribution in [0.1, 0.15) is 22.3 Å². The third-order valence-corrected chi connectivity index (χ3v) is 4.70. The number of urea groups is 1. The van der Waals surface area contributed by atoms with Crippen LogP contribution in [0.3, 0.4) is 0 Å². The Balaban J connectivity index is 1.36. The van der Waals surface area contributed by atoms with E-state index < -0.39 is 0 Å². The van der Waals surface area contributed by atoms with Gasteiger partial charge in [-0.2, -0.15) is 0 Å². The molecule has 0 radical (unpaired) electrons. The molecule has 0 saturated heterocycles. The number of rotatable bonds is 4. The molecule has 0 bridgehead atoms. The molecule has 3 aromatic carbocycles. The quantitative estimate of drug-likeness (QED) is 0.520. The second kappa shape index (κ2) is 8.48. The van der Waals surface area contributed by atoms with Gasteiger partial charge in [-0.25, -0.2) is 4.79 Å². The van der Waals surface area contributed by atoms with Gasteiger partial charge in [0, 0.05) is 34.7 Å². The van der Waals surface area contributed by atoms with Crippen molar-refractivity contribution in [2.45, 2.75) is 12.8 Å². The first-order valence-electron chi connectivity index (χ1n) is 9.54. The second-order valence-corrected chi connectivity index (χ2v) is 6.90. The van der Waals surface area contributed by atoms with E-state index in [-0.39, 0.29) is 17.8 Å². The topological polar surface area (TPSA) is 99.3 Å². The number of carbonyl (C=O) groups is 3. The summed E-state index contributed by atoms with van der Waals surface area (Å²) in [6, 6.07) is 20.8. The number of anilines is 4. The van der Waals surface area contributed by atoms with E-state index in [1.165, 1.54) is 0 Å². The Kier molecular flexibility index (Phi) is 5.43. The van der Waals surface area contributed by atoms with Crippen molar-refractivity contribution in [3.8, 4) is 0 Å². The number of hydrogen-bond acceptors (Lipinski definition) is 3. The van der Waals surface area contributed by atoms with Crippen molar-refractivity contribution >= 4 is 40.6 Å². The zero-order valence-electron chi connectivity index (χ0n) is 16.1. The molecule has 0 unspecified atom stereocenters. The molecule has 1 aliphatic rings. The highest BCUT2D eigenvalue weighted by molar-refractivity contribution is 6.05. The van der Waals surface area contributed by atoms with E-state index in [4.69, 9.17) is 0 Å². The first kappa shape index (κ1) is 19.2. The van der Waals surface area contributed by atoms with Crippen molar-refractivity contribution in [2.24, 2.45) is 0 Å². The minimum absolute atomic E-state index is 0.00503. The molecule has 7 nitrogen and oxygen atoms in total. The fourth-order valence-corrected chi connectivity index (χ4v) is 3.18. The summed E-state index contributed by atoms with van der Waals surface area (Å²) >= 11 is 0. The summed E-state index contributed by atoms with van der Waals surface area (Å²) in [4.78, 5) is 36.0. The number of para-hydroxylation sites is 1. The highest BCUT2D eigenvalue weighted by Crippen LogP contribution is 2.26. The molecule has 3 aromatic rings. The minimum atomic E-state index is -0.362. The SMILES string of the molecule is O=C1CCc2cc(NC(=O)c3ccc(NC(=O)Nc4ccccc4)cc3)ccc2N1. The highest BCUT2D eigenvalue weighted by Gasteiger charge is 2.15. The van der Waals surface area contributed by atoms with Gasteiger partial charge in [0.05, 0.1) is 0 Å². The molecule has 0 aliphatic carbocycles. The molecule has 0 atom stereocenters. The van der Waals surface area contributed by atoms with Gasteiger partial charge in [0.15, 0.2) is 0 Å². The molecular weight excluding hydrogens is 380 g/mol. The van der Waals surface area contributed by atoms with Crippen LogP contribution in [0.25, 0.3) is 0 Å². The normalized spacial score (nSPS) is 12.3. The molecular formula is C23H20N4O3. The summed E-state index contributed by atoms with van der Waals surface area (Å²) in [5.41, 5.74) is 4.18. The molecule has 0 aromatic heterocycles. The van der Waals surface area contributed by atoms with Crippen molar-refractivity contribution in [1.82, 2.24) is 0 Å². The van der Waals surface area contributed by atoms with Crippen LogP contribution in [-0.2, 0) is 11.2 Å². The van der Waals surface area contributed by atoms with Gasteiger partial charge in [0.25, 0.3) is 5.91 Å². The Labute approximate surface area is 173 Å². The molecule has 1 heterocycles. The van der Waals surface area contributed by atoms with E-state index in [0.29, 0.717) is 35.5 Å². The van der Waals surface area contributed by atoms with Crippen LogP contribution >= 0.6 is 0 Å². The molecule has 4 amide bonds. The fraction of sp³-hybridized carbons (Fsp3) is 0.0870. The molecule has 30 heavy (non-hydrogen) atoms. The summed E-state index contributed by atoms with van der Waals surface area (Å²) in [5, 5.41) is 11.1. The highest BCUT2D eigenvalue weighted by atomic mass is 16.2. The smallest absolute Gasteiger partial charge is 0.323 e. The first-order chi connectivity index (χ1) is 14.6. The van der Waals surface area contributed by atoms with Gasteiger partial charge >= 0.3 is 6.03 Å². The monoisotopic (exact) mass is 400 g/mol. The van der Waals surface area contributed by atoms with Crippen molar-refractivity contribution in [2.75, 3.05) is 21.3 Å². The largest absolute Gasteiger partial charge is 0.326 e. The van der Waals surface area contributed by atoms with E-state index in [0.717, 1.165) is 11.3 Å². The van der Waals surface area contributed by atoms with Gasteiger partial charge in [-0.15, -0.1) is 0 Å². The van der Waals surface area contributed by atoms with E-state index in [1.807, 2.05) is 24.3 Å². The van der Waals surface area contributed by atoms with Crippen LogP contribution < -0.4 is 21.3 Å². The summed E-state index contributed by atoms with van der Waals surface area (Å²) in [5.74, 6) is -0.250. The van der Waals surface area contributed by atoms with Crippen molar-refractivity contribution in [3.63, 3.8) is 0 Å². The van der Waals surface area contributed by atoms with Gasteiger partial charge < -0.3 is 21.3 Å². The second-order valence-electron chi connectivity index (χ2n) is 6.90. The lowest BCUT2D eigenvalue weighted by Gasteiger charge is -2.17. The summed E-state index contributed by atoms with van der Waals surface area (Å²) in [6.45, 7) is 0. The molecule has 0 saturated carbocycles. The van der Waals surface area contributed by atoms with E-state index in [1.54, 1.807) is 48.5 Å². The van der Waals surface area contributed by atoms with Crippen molar-refractivity contribution in [3.05, 3.63) is 83.9 Å². The lowest BCUT2D eigenvalue weighted by atomic mass is 10.0. The van der Waals surface area contributed by atoms with Gasteiger partial charge in [-0.05, 0) is 66.6 Å². The van der Waals surface area contributed by atoms with Crippen molar-refractivity contribution < 1.29 is 14.4 Å². The number of aryl methyl sites for hydroxylation is 1. The Hall–Kier alpha value is -4.13. The number of hydrogen-bond donors (Lipinski definition) is 4. The average Bonchev–Trinajstić information content (AvgIpc) is 2.75. The molecule has 4 rings (SSSR count). The maximum absolute atomic E-state index is 12.5. The van der Waals surface area contributed by atoms with Gasteiger partial charge in [0.1, 0.15) is 0 Å². The Morgan fingerprint density at radius 1 is 0.733 bits per heavy atom. The Morgan fingerprint density at radius 3 is 2.13 bits per heavy atom. The third kappa shape index (κ3) is 4.64. The molecule has 7 heteroatoms. The molecule has 0 spiro atoms. The molecule has 1 aliphatic heterocycles. The minimum Gasteiger partial charge on any atom is -0.326 e. The van der Waals surface area contributed by atoms with Crippen LogP contribution in [0, 0.1) is 0 Å². The molecule has 150 valence electrons. The van der Waals surface area contributed by atoms with Crippen molar-refractivity contribution in [1.29, 1.82) is 0 Å². The van der Waals surface area contributed by atoms with Crippen LogP contribution in [0.15, 0.2) is 72.8 Å². The number of benzene rings is 3. The summed E-state index contributed by atoms with van der Waals surface area (Å²) in [6.07, 6.45) is 1.09. The average molecular weight is 400 g/mol. The maximum atomic E-state index is 12.5. The van der Waals surface area contributed by atoms with E-state index >= 15 is 0 Å². The van der Waals surface area contributed by atoms with Gasteiger partial charge in [-0.3, -0.25) is 9.59 Å². The fourth-order valence-electron chi connectivity index (χ4n) is 3.18. The zero-order chi connectivity index (χ0) is 20.9. The van der Waals surface area contributed by atoms with Gasteiger partial charge in [-0.1, -0.05) is 18.2 Å². The maximum Gasteiger partial charge on any atom is 0.323 e. The van der Waals surface area contributed by atoms with E-state index in [2.05, 4.69) is 21.3 Å². The summed E-state index contributed by atoms with van der Waals surface area (Å²) < 4.78 is 0. The van der Waals surface area contributed by atoms with Crippen LogP contribution in [-0.4, -0.2) is 17.8 Å². The number of amides is 4. The Bertz CT molecular complexity index is 1100. The lowest BCUT2D eigenvalue weighted by molar-refractivity contribution is -0.116. The zero-order valence-corrected chi connectivity index (χ0v) is 16.1. The standard InChI is InChI=1S/C23H20N4O3/c28-21-13-8-16-14-19(11-12-20(16)27-21)24-22(29)15-6-9-18(10-7-15)26-23(30)25-17-4-2-1-3-5-17/h1-7,9-12,14H,8,13H2,(H,24,29)(H,27,28)(H2,25,26,30). The first-order valence-corrected chi connectivity index (χ1v) is 9.54. The predicted molar refractivity (Wildman–Crippen MR) is 117 cm³/mol. The number of nitrogens with one attached hydrogen (secondary N) is 4. The van der Waals surface area contributed by atoms with Gasteiger partial charge in [0.2, 0.25) is 5.91 Å². The van der Waals surface area contributed by atoms with Crippen LogP contribution in [0.2, 0.25) is 0 Å². The Morgan fingerprint density at radius 2 is 1.40 bits per heavy atom. The predicted octanol–water partition coefficient (Wildman–Crippen LogP) is 4.47. The number of carbonyl (C=O) groups excluding carboxylic acids is 3. The van der Waals surface area contributed by atoms with Crippen LogP contribution in [0.4, 0.5) is 27.5 Å². The van der Waals surface area contributed by atoms with E-state index in [9.17, 15) is 14.4 Å². The lowest BCUT2D eigenvalue weighted by Crippen LogP contribution is -2.20. The molecule has 4 N–H and O–H groups in total.